The molecule has 0 aliphatic carbocycles. The van der Waals surface area contributed by atoms with E-state index < -0.39 is 0 Å². The van der Waals surface area contributed by atoms with E-state index >= 15 is 0 Å². The van der Waals surface area contributed by atoms with Crippen LogP contribution in [0.15, 0.2) is 24.3 Å². The zero-order chi connectivity index (χ0) is 13.5. The normalized spacial score (nSPS) is 20.4. The van der Waals surface area contributed by atoms with Crippen LogP contribution in [0.5, 0.6) is 5.75 Å². The minimum Gasteiger partial charge on any atom is -0.491 e. The van der Waals surface area contributed by atoms with Crippen molar-refractivity contribution in [1.82, 2.24) is 5.43 Å². The van der Waals surface area contributed by atoms with Crippen LogP contribution in [-0.2, 0) is 4.74 Å². The maximum atomic E-state index is 5.79. The van der Waals surface area contributed by atoms with E-state index in [0.717, 1.165) is 11.3 Å². The van der Waals surface area contributed by atoms with Gasteiger partial charge in [-0.05, 0) is 24.7 Å². The Kier molecular flexibility index (Phi) is 5.97. The number of nitrogens with one attached hydrogen (secondary N) is 1. The molecule has 5 heteroatoms. The minimum absolute atomic E-state index is 0.145. The van der Waals surface area contributed by atoms with Gasteiger partial charge in [-0.3, -0.25) is 11.3 Å². The van der Waals surface area contributed by atoms with Gasteiger partial charge in [-0.25, -0.2) is 0 Å². The Balaban J connectivity index is 2.11. The number of ether oxygens (including phenoxy) is 2. The van der Waals surface area contributed by atoms with Gasteiger partial charge >= 0.3 is 0 Å². The van der Waals surface area contributed by atoms with E-state index in [1.807, 2.05) is 30.0 Å². The van der Waals surface area contributed by atoms with Gasteiger partial charge in [-0.2, -0.15) is 11.8 Å². The summed E-state index contributed by atoms with van der Waals surface area (Å²) in [6, 6.07) is 8.25. The van der Waals surface area contributed by atoms with Gasteiger partial charge in [0.05, 0.1) is 12.6 Å². The van der Waals surface area contributed by atoms with Crippen LogP contribution in [0.2, 0.25) is 0 Å². The molecule has 106 valence electrons. The lowest BCUT2D eigenvalue weighted by Crippen LogP contribution is -2.34. The zero-order valence-corrected chi connectivity index (χ0v) is 12.1. The van der Waals surface area contributed by atoms with E-state index in [1.165, 1.54) is 18.6 Å². The van der Waals surface area contributed by atoms with Crippen molar-refractivity contribution >= 4 is 11.8 Å². The van der Waals surface area contributed by atoms with Crippen LogP contribution in [0.1, 0.15) is 24.4 Å². The standard InChI is InChI=1S/C14H22N2O2S/c1-17-8-9-18-12-6-3-2-5-11(12)14(16-15)13-7-4-10-19-13/h2-3,5-6,13-14,16H,4,7-10,15H2,1H3. The smallest absolute Gasteiger partial charge is 0.124 e. The van der Waals surface area contributed by atoms with Gasteiger partial charge in [0.2, 0.25) is 0 Å². The van der Waals surface area contributed by atoms with Gasteiger partial charge in [0.1, 0.15) is 12.4 Å². The van der Waals surface area contributed by atoms with Crippen molar-refractivity contribution in [3.8, 4) is 5.75 Å². The van der Waals surface area contributed by atoms with Crippen molar-refractivity contribution in [3.63, 3.8) is 0 Å². The molecule has 19 heavy (non-hydrogen) atoms. The predicted molar refractivity (Wildman–Crippen MR) is 79.4 cm³/mol. The summed E-state index contributed by atoms with van der Waals surface area (Å²) in [5.41, 5.74) is 4.10. The molecule has 1 fully saturated rings. The summed E-state index contributed by atoms with van der Waals surface area (Å²) in [7, 11) is 1.68. The Hall–Kier alpha value is -0.750. The van der Waals surface area contributed by atoms with E-state index in [-0.39, 0.29) is 6.04 Å². The van der Waals surface area contributed by atoms with Crippen LogP contribution in [0, 0.1) is 0 Å². The van der Waals surface area contributed by atoms with Crippen molar-refractivity contribution in [2.75, 3.05) is 26.1 Å². The summed E-state index contributed by atoms with van der Waals surface area (Å²) in [6.45, 7) is 1.15. The molecule has 1 heterocycles. The van der Waals surface area contributed by atoms with Gasteiger partial charge in [0.15, 0.2) is 0 Å². The Morgan fingerprint density at radius 2 is 2.26 bits per heavy atom. The number of para-hydroxylation sites is 1. The first-order chi connectivity index (χ1) is 9.36. The van der Waals surface area contributed by atoms with Crippen molar-refractivity contribution in [2.45, 2.75) is 24.1 Å². The number of benzene rings is 1. The van der Waals surface area contributed by atoms with E-state index in [0.29, 0.717) is 18.5 Å². The lowest BCUT2D eigenvalue weighted by Gasteiger charge is -2.24. The summed E-state index contributed by atoms with van der Waals surface area (Å²) in [4.78, 5) is 0. The number of nitrogens with two attached hydrogens (primary N) is 1. The quantitative estimate of drug-likeness (QED) is 0.456. The number of hydrazine groups is 1. The third kappa shape index (κ3) is 3.86. The van der Waals surface area contributed by atoms with Crippen LogP contribution in [0.3, 0.4) is 0 Å². The van der Waals surface area contributed by atoms with Gasteiger partial charge in [-0.1, -0.05) is 18.2 Å². The van der Waals surface area contributed by atoms with E-state index in [9.17, 15) is 0 Å². The fraction of sp³-hybridized carbons (Fsp3) is 0.571. The molecule has 0 saturated carbocycles. The Bertz CT molecular complexity index is 383. The molecule has 0 aromatic heterocycles. The lowest BCUT2D eigenvalue weighted by molar-refractivity contribution is 0.145. The van der Waals surface area contributed by atoms with Crippen LogP contribution in [-0.4, -0.2) is 31.3 Å². The van der Waals surface area contributed by atoms with Crippen LogP contribution < -0.4 is 16.0 Å². The molecule has 0 bridgehead atoms. The van der Waals surface area contributed by atoms with Crippen molar-refractivity contribution in [3.05, 3.63) is 29.8 Å². The fourth-order valence-electron chi connectivity index (χ4n) is 2.37. The highest BCUT2D eigenvalue weighted by atomic mass is 32.2. The lowest BCUT2D eigenvalue weighted by atomic mass is 10.0. The molecule has 4 nitrogen and oxygen atoms in total. The topological polar surface area (TPSA) is 56.5 Å². The van der Waals surface area contributed by atoms with Gasteiger partial charge < -0.3 is 9.47 Å². The highest BCUT2D eigenvalue weighted by Crippen LogP contribution is 2.38. The van der Waals surface area contributed by atoms with Crippen molar-refractivity contribution in [2.24, 2.45) is 5.84 Å². The number of hydrogen-bond donors (Lipinski definition) is 2. The first-order valence-corrected chi connectivity index (χ1v) is 7.70. The number of thioether (sulfide) groups is 1. The summed E-state index contributed by atoms with van der Waals surface area (Å²) in [6.07, 6.45) is 2.46. The number of hydrogen-bond acceptors (Lipinski definition) is 5. The average Bonchev–Trinajstić information content (AvgIpc) is 2.96. The molecular formula is C14H22N2O2S. The monoisotopic (exact) mass is 282 g/mol. The summed E-state index contributed by atoms with van der Waals surface area (Å²) >= 11 is 1.98. The molecule has 1 saturated heterocycles. The largest absolute Gasteiger partial charge is 0.491 e. The Labute approximate surface area is 119 Å². The molecule has 1 aliphatic heterocycles. The molecule has 3 N–H and O–H groups in total. The van der Waals surface area contributed by atoms with Crippen LogP contribution in [0.4, 0.5) is 0 Å². The maximum absolute atomic E-state index is 5.79. The summed E-state index contributed by atoms with van der Waals surface area (Å²) < 4.78 is 10.8. The summed E-state index contributed by atoms with van der Waals surface area (Å²) in [5.74, 6) is 7.88. The molecule has 1 aliphatic rings. The number of methoxy groups -OCH3 is 1. The maximum Gasteiger partial charge on any atom is 0.124 e. The molecule has 0 spiro atoms. The predicted octanol–water partition coefficient (Wildman–Crippen LogP) is 2.11. The Morgan fingerprint density at radius 1 is 1.42 bits per heavy atom. The van der Waals surface area contributed by atoms with Crippen LogP contribution >= 0.6 is 11.8 Å². The first-order valence-electron chi connectivity index (χ1n) is 6.65. The molecule has 0 amide bonds. The molecule has 2 rings (SSSR count). The third-order valence-electron chi connectivity index (χ3n) is 3.32. The Morgan fingerprint density at radius 3 is 2.95 bits per heavy atom. The van der Waals surface area contributed by atoms with Crippen LogP contribution in [0.25, 0.3) is 0 Å². The molecule has 1 aromatic carbocycles. The second kappa shape index (κ2) is 7.75. The average molecular weight is 282 g/mol. The molecule has 2 atom stereocenters. The SMILES string of the molecule is COCCOc1ccccc1C(NN)C1CCCS1. The van der Waals surface area contributed by atoms with Gasteiger partial charge in [0.25, 0.3) is 0 Å². The van der Waals surface area contributed by atoms with E-state index in [2.05, 4.69) is 11.5 Å². The fourth-order valence-corrected chi connectivity index (χ4v) is 3.75. The first kappa shape index (κ1) is 14.7. The summed E-state index contributed by atoms with van der Waals surface area (Å²) in [5, 5.41) is 0.525. The third-order valence-corrected chi connectivity index (χ3v) is 4.78. The number of rotatable bonds is 7. The second-order valence-corrected chi connectivity index (χ2v) is 5.92. The molecule has 2 unspecified atom stereocenters. The van der Waals surface area contributed by atoms with Crippen molar-refractivity contribution < 1.29 is 9.47 Å². The zero-order valence-electron chi connectivity index (χ0n) is 11.3. The highest BCUT2D eigenvalue weighted by molar-refractivity contribution is 8.00. The second-order valence-electron chi connectivity index (χ2n) is 4.57. The van der Waals surface area contributed by atoms with E-state index in [4.69, 9.17) is 15.3 Å². The molecule has 1 aromatic rings. The molecule has 0 radical (unpaired) electrons. The molecular weight excluding hydrogens is 260 g/mol. The minimum atomic E-state index is 0.145. The van der Waals surface area contributed by atoms with Crippen molar-refractivity contribution in [1.29, 1.82) is 0 Å². The van der Waals surface area contributed by atoms with Gasteiger partial charge in [0, 0.05) is 17.9 Å². The van der Waals surface area contributed by atoms with Gasteiger partial charge in [-0.15, -0.1) is 0 Å². The van der Waals surface area contributed by atoms with E-state index in [1.54, 1.807) is 7.11 Å². The highest BCUT2D eigenvalue weighted by Gasteiger charge is 2.28.